The second-order valence-electron chi connectivity index (χ2n) is 2.88. The van der Waals surface area contributed by atoms with E-state index in [1.165, 1.54) is 0 Å². The maximum Gasteiger partial charge on any atom is 0.240 e. The van der Waals surface area contributed by atoms with Crippen molar-refractivity contribution in [2.24, 2.45) is 0 Å². The maximum absolute atomic E-state index is 5.45. The molecule has 2 rings (SSSR count). The molecule has 0 aromatic carbocycles. The summed E-state index contributed by atoms with van der Waals surface area (Å²) in [5, 5.41) is 8.14. The van der Waals surface area contributed by atoms with Crippen molar-refractivity contribution in [1.29, 1.82) is 0 Å². The zero-order valence-electron chi connectivity index (χ0n) is 7.64. The quantitative estimate of drug-likeness (QED) is 0.917. The number of nitrogens with zero attached hydrogens (tertiary/aromatic N) is 5. The van der Waals surface area contributed by atoms with Crippen LogP contribution in [0.25, 0.3) is 0 Å². The van der Waals surface area contributed by atoms with Gasteiger partial charge in [0.1, 0.15) is 0 Å². The molecule has 80 valence electrons. The second-order valence-corrected chi connectivity index (χ2v) is 4.51. The largest absolute Gasteiger partial charge is 0.366 e. The van der Waals surface area contributed by atoms with Gasteiger partial charge >= 0.3 is 0 Å². The first-order chi connectivity index (χ1) is 7.15. The van der Waals surface area contributed by atoms with Crippen LogP contribution in [0.4, 0.5) is 5.95 Å². The van der Waals surface area contributed by atoms with Gasteiger partial charge in [0.2, 0.25) is 5.95 Å². The molecular formula is C7H8Br2N6. The van der Waals surface area contributed by atoms with Gasteiger partial charge in [0.25, 0.3) is 0 Å². The highest BCUT2D eigenvalue weighted by atomic mass is 79.9. The van der Waals surface area contributed by atoms with Gasteiger partial charge in [0, 0.05) is 6.20 Å². The first-order valence-electron chi connectivity index (χ1n) is 4.19. The predicted octanol–water partition coefficient (Wildman–Crippen LogP) is 1.28. The van der Waals surface area contributed by atoms with Crippen LogP contribution in [0, 0.1) is 0 Å². The molecule has 0 radical (unpaired) electrons. The Balaban J connectivity index is 2.01. The Bertz CT molecular complexity index is 462. The molecule has 0 aliphatic heterocycles. The van der Waals surface area contributed by atoms with Gasteiger partial charge in [-0.25, -0.2) is 4.68 Å². The molecule has 0 atom stereocenters. The lowest BCUT2D eigenvalue weighted by Gasteiger charge is -2.01. The highest BCUT2D eigenvalue weighted by molar-refractivity contribution is 9.10. The monoisotopic (exact) mass is 334 g/mol. The summed E-state index contributed by atoms with van der Waals surface area (Å²) in [6.07, 6.45) is 3.64. The number of nitrogens with two attached hydrogens (primary N) is 1. The van der Waals surface area contributed by atoms with E-state index in [1.54, 1.807) is 10.9 Å². The number of nitrogen functional groups attached to an aromatic ring is 1. The Labute approximate surface area is 103 Å². The minimum Gasteiger partial charge on any atom is -0.366 e. The van der Waals surface area contributed by atoms with E-state index in [0.29, 0.717) is 17.8 Å². The normalized spacial score (nSPS) is 10.8. The standard InChI is InChI=1S/C7H8Br2N6/c8-5-3-11-14(4-5)1-2-15-6(9)12-7(10)13-15/h3-4H,1-2H2,(H2,10,13). The molecule has 2 N–H and O–H groups in total. The van der Waals surface area contributed by atoms with E-state index in [-0.39, 0.29) is 5.95 Å². The van der Waals surface area contributed by atoms with Crippen molar-refractivity contribution in [3.8, 4) is 0 Å². The van der Waals surface area contributed by atoms with Crippen LogP contribution in [0.2, 0.25) is 0 Å². The zero-order valence-corrected chi connectivity index (χ0v) is 10.8. The van der Waals surface area contributed by atoms with Gasteiger partial charge in [-0.2, -0.15) is 10.1 Å². The zero-order chi connectivity index (χ0) is 10.8. The third kappa shape index (κ3) is 2.57. The highest BCUT2D eigenvalue weighted by Gasteiger charge is 2.04. The molecule has 0 bridgehead atoms. The van der Waals surface area contributed by atoms with Crippen molar-refractivity contribution < 1.29 is 0 Å². The number of hydrogen-bond donors (Lipinski definition) is 1. The lowest BCUT2D eigenvalue weighted by molar-refractivity contribution is 0.493. The fraction of sp³-hybridized carbons (Fsp3) is 0.286. The molecule has 0 saturated heterocycles. The first-order valence-corrected chi connectivity index (χ1v) is 5.77. The fourth-order valence-electron chi connectivity index (χ4n) is 1.14. The van der Waals surface area contributed by atoms with Gasteiger partial charge in [-0.15, -0.1) is 5.10 Å². The summed E-state index contributed by atoms with van der Waals surface area (Å²) >= 11 is 6.60. The number of halogens is 2. The lowest BCUT2D eigenvalue weighted by Crippen LogP contribution is -2.09. The third-order valence-electron chi connectivity index (χ3n) is 1.79. The van der Waals surface area contributed by atoms with E-state index in [1.807, 2.05) is 10.9 Å². The summed E-state index contributed by atoms with van der Waals surface area (Å²) in [6, 6.07) is 0. The molecule has 0 fully saturated rings. The van der Waals surface area contributed by atoms with Crippen molar-refractivity contribution in [2.45, 2.75) is 13.1 Å². The van der Waals surface area contributed by atoms with E-state index in [4.69, 9.17) is 5.73 Å². The van der Waals surface area contributed by atoms with Crippen LogP contribution < -0.4 is 5.73 Å². The van der Waals surface area contributed by atoms with Crippen LogP contribution in [0.5, 0.6) is 0 Å². The Morgan fingerprint density at radius 1 is 1.33 bits per heavy atom. The molecule has 6 nitrogen and oxygen atoms in total. The summed E-state index contributed by atoms with van der Waals surface area (Å²) in [6.45, 7) is 1.38. The Morgan fingerprint density at radius 3 is 2.67 bits per heavy atom. The number of aromatic nitrogens is 5. The number of aryl methyl sites for hydroxylation is 2. The van der Waals surface area contributed by atoms with E-state index >= 15 is 0 Å². The van der Waals surface area contributed by atoms with E-state index in [2.05, 4.69) is 47.0 Å². The Hall–Kier alpha value is -0.890. The van der Waals surface area contributed by atoms with Gasteiger partial charge in [-0.1, -0.05) is 0 Å². The maximum atomic E-state index is 5.45. The number of rotatable bonds is 3. The SMILES string of the molecule is Nc1nc(Br)n(CCn2cc(Br)cn2)n1. The van der Waals surface area contributed by atoms with E-state index in [9.17, 15) is 0 Å². The van der Waals surface area contributed by atoms with Gasteiger partial charge in [0.15, 0.2) is 4.73 Å². The minimum atomic E-state index is 0.267. The van der Waals surface area contributed by atoms with Crippen LogP contribution in [0.3, 0.4) is 0 Å². The summed E-state index contributed by atoms with van der Waals surface area (Å²) in [7, 11) is 0. The van der Waals surface area contributed by atoms with Gasteiger partial charge in [-0.05, 0) is 31.9 Å². The Morgan fingerprint density at radius 2 is 2.13 bits per heavy atom. The molecule has 0 amide bonds. The topological polar surface area (TPSA) is 74.5 Å². The molecule has 0 unspecified atom stereocenters. The fourth-order valence-corrected chi connectivity index (χ4v) is 1.91. The highest BCUT2D eigenvalue weighted by Crippen LogP contribution is 2.09. The molecule has 8 heteroatoms. The molecule has 0 aliphatic carbocycles. The summed E-state index contributed by atoms with van der Waals surface area (Å²) in [5.41, 5.74) is 5.45. The van der Waals surface area contributed by atoms with Gasteiger partial charge < -0.3 is 5.73 Å². The van der Waals surface area contributed by atoms with Crippen LogP contribution in [-0.4, -0.2) is 24.5 Å². The molecule has 15 heavy (non-hydrogen) atoms. The number of hydrogen-bond acceptors (Lipinski definition) is 4. The molecule has 0 spiro atoms. The molecule has 2 aromatic rings. The minimum absolute atomic E-state index is 0.267. The van der Waals surface area contributed by atoms with Crippen molar-refractivity contribution in [1.82, 2.24) is 24.5 Å². The van der Waals surface area contributed by atoms with Crippen molar-refractivity contribution in [3.63, 3.8) is 0 Å². The molecular weight excluding hydrogens is 328 g/mol. The van der Waals surface area contributed by atoms with E-state index in [0.717, 1.165) is 4.47 Å². The average Bonchev–Trinajstić information content (AvgIpc) is 2.70. The number of anilines is 1. The molecule has 2 heterocycles. The molecule has 0 saturated carbocycles. The first kappa shape index (κ1) is 10.6. The van der Waals surface area contributed by atoms with E-state index < -0.39 is 0 Å². The summed E-state index contributed by atoms with van der Waals surface area (Å²) in [5.74, 6) is 0.267. The van der Waals surface area contributed by atoms with Crippen molar-refractivity contribution in [2.75, 3.05) is 5.73 Å². The van der Waals surface area contributed by atoms with Crippen LogP contribution in [-0.2, 0) is 13.1 Å². The second kappa shape index (κ2) is 4.31. The summed E-state index contributed by atoms with van der Waals surface area (Å²) < 4.78 is 5.09. The smallest absolute Gasteiger partial charge is 0.240 e. The molecule has 2 aromatic heterocycles. The average molecular weight is 336 g/mol. The van der Waals surface area contributed by atoms with Crippen LogP contribution in [0.1, 0.15) is 0 Å². The van der Waals surface area contributed by atoms with Crippen molar-refractivity contribution >= 4 is 37.8 Å². The Kier molecular flexibility index (Phi) is 3.06. The van der Waals surface area contributed by atoms with Gasteiger partial charge in [-0.3, -0.25) is 4.68 Å². The predicted molar refractivity (Wildman–Crippen MR) is 62.1 cm³/mol. The van der Waals surface area contributed by atoms with Crippen LogP contribution >= 0.6 is 31.9 Å². The molecule has 0 aliphatic rings. The van der Waals surface area contributed by atoms with Gasteiger partial charge in [0.05, 0.1) is 23.8 Å². The summed E-state index contributed by atoms with van der Waals surface area (Å²) in [4.78, 5) is 3.94. The lowest BCUT2D eigenvalue weighted by atomic mass is 10.6. The van der Waals surface area contributed by atoms with Crippen LogP contribution in [0.15, 0.2) is 21.6 Å². The van der Waals surface area contributed by atoms with Crippen molar-refractivity contribution in [3.05, 3.63) is 21.6 Å². The third-order valence-corrected chi connectivity index (χ3v) is 2.78.